The van der Waals surface area contributed by atoms with Gasteiger partial charge < -0.3 is 0 Å². The number of benzene rings is 1. The highest BCUT2D eigenvalue weighted by Gasteiger charge is 2.25. The number of alkyl halides is 1. The zero-order valence-corrected chi connectivity index (χ0v) is 17.2. The molecule has 0 bridgehead atoms. The highest BCUT2D eigenvalue weighted by Crippen LogP contribution is 2.31. The second kappa shape index (κ2) is 9.50. The summed E-state index contributed by atoms with van der Waals surface area (Å²) in [6.45, 7) is 4.00. The van der Waals surface area contributed by atoms with E-state index in [2.05, 4.69) is 46.2 Å². The molecule has 0 aliphatic heterocycles. The molecule has 1 fully saturated rings. The van der Waals surface area contributed by atoms with Crippen LogP contribution in [0.1, 0.15) is 79.9 Å². The van der Waals surface area contributed by atoms with Crippen LogP contribution in [0.4, 0.5) is 0 Å². The number of nitrogens with zero attached hydrogens (tertiary/aromatic N) is 3. The van der Waals surface area contributed by atoms with Gasteiger partial charge in [0.25, 0.3) is 0 Å². The zero-order valence-electron chi connectivity index (χ0n) is 16.5. The van der Waals surface area contributed by atoms with E-state index in [1.807, 2.05) is 6.92 Å². The molecule has 1 atom stereocenters. The van der Waals surface area contributed by atoms with Gasteiger partial charge in [0.05, 0.1) is 23.9 Å². The normalized spacial score (nSPS) is 16.4. The molecule has 146 valence electrons. The van der Waals surface area contributed by atoms with Gasteiger partial charge in [-0.15, -0.1) is 16.7 Å². The Morgan fingerprint density at radius 1 is 1.22 bits per heavy atom. The molecule has 2 aromatic rings. The fraction of sp³-hybridized carbons (Fsp3) is 0.591. The molecule has 1 saturated carbocycles. The molecule has 3 rings (SSSR count). The summed E-state index contributed by atoms with van der Waals surface area (Å²) in [5, 5.41) is 8.92. The predicted octanol–water partition coefficient (Wildman–Crippen LogP) is 5.18. The van der Waals surface area contributed by atoms with Gasteiger partial charge in [-0.2, -0.15) is 0 Å². The smallest absolute Gasteiger partial charge is 0.138 e. The maximum Gasteiger partial charge on any atom is 0.138 e. The fourth-order valence-corrected chi connectivity index (χ4v) is 4.25. The first kappa shape index (κ1) is 20.1. The SMILES string of the molecule is CCC(=O)Cc1nnn(C2CCCCC2)c1CC(CCl)c1ccc(C)cc1. The number of rotatable bonds is 8. The molecule has 0 amide bonds. The molecule has 1 heterocycles. The third-order valence-electron chi connectivity index (χ3n) is 5.73. The molecular formula is C22H30ClN3O. The van der Waals surface area contributed by atoms with Crippen molar-refractivity contribution >= 4 is 17.4 Å². The minimum atomic E-state index is 0.198. The van der Waals surface area contributed by atoms with Crippen molar-refractivity contribution in [3.63, 3.8) is 0 Å². The maximum absolute atomic E-state index is 12.1. The van der Waals surface area contributed by atoms with E-state index in [4.69, 9.17) is 11.6 Å². The summed E-state index contributed by atoms with van der Waals surface area (Å²) in [4.78, 5) is 12.1. The number of aryl methyl sites for hydroxylation is 1. The first-order valence-electron chi connectivity index (χ1n) is 10.2. The van der Waals surface area contributed by atoms with Crippen molar-refractivity contribution in [2.45, 2.75) is 77.2 Å². The molecule has 1 aliphatic carbocycles. The summed E-state index contributed by atoms with van der Waals surface area (Å²) in [5.74, 6) is 0.952. The number of Topliss-reactive ketones (excluding diaryl/α,β-unsaturated/α-hetero) is 1. The van der Waals surface area contributed by atoms with E-state index in [0.29, 0.717) is 24.8 Å². The number of aromatic nitrogens is 3. The van der Waals surface area contributed by atoms with Crippen molar-refractivity contribution in [3.8, 4) is 0 Å². The minimum Gasteiger partial charge on any atom is -0.299 e. The van der Waals surface area contributed by atoms with Crippen LogP contribution in [0, 0.1) is 6.92 Å². The van der Waals surface area contributed by atoms with Crippen LogP contribution in [0.25, 0.3) is 0 Å². The molecule has 1 aromatic heterocycles. The lowest BCUT2D eigenvalue weighted by atomic mass is 9.92. The summed E-state index contributed by atoms with van der Waals surface area (Å²) in [6.07, 6.45) is 7.77. The molecule has 1 unspecified atom stereocenters. The maximum atomic E-state index is 12.1. The Bertz CT molecular complexity index is 747. The molecule has 0 radical (unpaired) electrons. The highest BCUT2D eigenvalue weighted by molar-refractivity contribution is 6.18. The van der Waals surface area contributed by atoms with E-state index < -0.39 is 0 Å². The molecule has 0 N–H and O–H groups in total. The summed E-state index contributed by atoms with van der Waals surface area (Å²) < 4.78 is 2.12. The summed E-state index contributed by atoms with van der Waals surface area (Å²) in [7, 11) is 0. The van der Waals surface area contributed by atoms with Gasteiger partial charge in [0, 0.05) is 18.2 Å². The summed E-state index contributed by atoms with van der Waals surface area (Å²) >= 11 is 6.37. The molecule has 1 aromatic carbocycles. The van der Waals surface area contributed by atoms with E-state index >= 15 is 0 Å². The fourth-order valence-electron chi connectivity index (χ4n) is 3.96. The number of ketones is 1. The summed E-state index contributed by atoms with van der Waals surface area (Å²) in [6, 6.07) is 8.99. The predicted molar refractivity (Wildman–Crippen MR) is 109 cm³/mol. The monoisotopic (exact) mass is 387 g/mol. The van der Waals surface area contributed by atoms with Crippen LogP contribution in [0.15, 0.2) is 24.3 Å². The Balaban J connectivity index is 1.90. The van der Waals surface area contributed by atoms with E-state index in [-0.39, 0.29) is 11.7 Å². The first-order chi connectivity index (χ1) is 13.1. The Morgan fingerprint density at radius 2 is 1.93 bits per heavy atom. The molecule has 4 nitrogen and oxygen atoms in total. The lowest BCUT2D eigenvalue weighted by molar-refractivity contribution is -0.118. The third kappa shape index (κ3) is 4.98. The summed E-state index contributed by atoms with van der Waals surface area (Å²) in [5.41, 5.74) is 4.43. The van der Waals surface area contributed by atoms with E-state index in [9.17, 15) is 4.79 Å². The van der Waals surface area contributed by atoms with Crippen LogP contribution in [-0.4, -0.2) is 26.7 Å². The van der Waals surface area contributed by atoms with Crippen molar-refractivity contribution < 1.29 is 4.79 Å². The van der Waals surface area contributed by atoms with Gasteiger partial charge >= 0.3 is 0 Å². The largest absolute Gasteiger partial charge is 0.299 e. The van der Waals surface area contributed by atoms with Gasteiger partial charge in [-0.25, -0.2) is 4.68 Å². The van der Waals surface area contributed by atoms with Gasteiger partial charge in [-0.05, 0) is 31.7 Å². The quantitative estimate of drug-likeness (QED) is 0.586. The molecule has 5 heteroatoms. The lowest BCUT2D eigenvalue weighted by Crippen LogP contribution is -2.19. The van der Waals surface area contributed by atoms with E-state index in [0.717, 1.165) is 30.7 Å². The lowest BCUT2D eigenvalue weighted by Gasteiger charge is -2.25. The second-order valence-electron chi connectivity index (χ2n) is 7.75. The molecular weight excluding hydrogens is 358 g/mol. The van der Waals surface area contributed by atoms with Crippen LogP contribution < -0.4 is 0 Å². The number of halogens is 1. The minimum absolute atomic E-state index is 0.198. The first-order valence-corrected chi connectivity index (χ1v) is 10.7. The second-order valence-corrected chi connectivity index (χ2v) is 8.06. The molecule has 27 heavy (non-hydrogen) atoms. The van der Waals surface area contributed by atoms with Gasteiger partial charge in [0.2, 0.25) is 0 Å². The Hall–Kier alpha value is -1.68. The van der Waals surface area contributed by atoms with Crippen LogP contribution in [0.3, 0.4) is 0 Å². The average molecular weight is 388 g/mol. The highest BCUT2D eigenvalue weighted by atomic mass is 35.5. The van der Waals surface area contributed by atoms with Crippen LogP contribution in [0.2, 0.25) is 0 Å². The van der Waals surface area contributed by atoms with Gasteiger partial charge in [0.1, 0.15) is 5.78 Å². The molecule has 0 spiro atoms. The van der Waals surface area contributed by atoms with Crippen LogP contribution in [0.5, 0.6) is 0 Å². The van der Waals surface area contributed by atoms with Gasteiger partial charge in [-0.1, -0.05) is 61.2 Å². The van der Waals surface area contributed by atoms with Crippen molar-refractivity contribution in [1.82, 2.24) is 15.0 Å². The van der Waals surface area contributed by atoms with Gasteiger partial charge in [0.15, 0.2) is 0 Å². The molecule has 0 saturated heterocycles. The van der Waals surface area contributed by atoms with Crippen molar-refractivity contribution in [1.29, 1.82) is 0 Å². The van der Waals surface area contributed by atoms with Crippen molar-refractivity contribution in [3.05, 3.63) is 46.8 Å². The average Bonchev–Trinajstić information content (AvgIpc) is 3.09. The van der Waals surface area contributed by atoms with Crippen LogP contribution in [-0.2, 0) is 17.6 Å². The van der Waals surface area contributed by atoms with Crippen LogP contribution >= 0.6 is 11.6 Å². The standard InChI is InChI=1S/C22H30ClN3O/c1-3-20(27)14-21-22(26(25-24-21)19-7-5-4-6-8-19)13-18(15-23)17-11-9-16(2)10-12-17/h9-12,18-19H,3-8,13-15H2,1-2H3. The van der Waals surface area contributed by atoms with Crippen molar-refractivity contribution in [2.75, 3.05) is 5.88 Å². The topological polar surface area (TPSA) is 47.8 Å². The third-order valence-corrected chi connectivity index (χ3v) is 6.10. The van der Waals surface area contributed by atoms with E-state index in [1.165, 1.54) is 30.4 Å². The van der Waals surface area contributed by atoms with Gasteiger partial charge in [-0.3, -0.25) is 4.79 Å². The Kier molecular flexibility index (Phi) is 7.06. The number of carbonyl (C=O) groups excluding carboxylic acids is 1. The number of carbonyl (C=O) groups is 1. The Morgan fingerprint density at radius 3 is 2.56 bits per heavy atom. The van der Waals surface area contributed by atoms with Crippen molar-refractivity contribution in [2.24, 2.45) is 0 Å². The number of hydrogen-bond acceptors (Lipinski definition) is 3. The zero-order chi connectivity index (χ0) is 19.2. The number of hydrogen-bond donors (Lipinski definition) is 0. The van der Waals surface area contributed by atoms with E-state index in [1.54, 1.807) is 0 Å². The Labute approximate surface area is 167 Å². The molecule has 1 aliphatic rings.